The van der Waals surface area contributed by atoms with E-state index in [0.29, 0.717) is 23.7 Å². The Hall–Kier alpha value is -2.92. The lowest BCUT2D eigenvalue weighted by Crippen LogP contribution is -2.49. The highest BCUT2D eigenvalue weighted by Gasteiger charge is 2.27. The Morgan fingerprint density at radius 1 is 1.03 bits per heavy atom. The van der Waals surface area contributed by atoms with E-state index in [9.17, 15) is 4.79 Å². The van der Waals surface area contributed by atoms with Crippen LogP contribution in [0, 0.1) is 6.92 Å². The Labute approximate surface area is 207 Å². The summed E-state index contributed by atoms with van der Waals surface area (Å²) in [6, 6.07) is 15.9. The number of hydrogen-bond donors (Lipinski definition) is 0. The number of aromatic nitrogens is 2. The minimum Gasteiger partial charge on any atom is -0.353 e. The summed E-state index contributed by atoms with van der Waals surface area (Å²) in [7, 11) is 0. The van der Waals surface area contributed by atoms with Gasteiger partial charge in [0, 0.05) is 49.8 Å². The Morgan fingerprint density at radius 3 is 2.41 bits per heavy atom. The van der Waals surface area contributed by atoms with E-state index in [4.69, 9.17) is 21.6 Å². The summed E-state index contributed by atoms with van der Waals surface area (Å²) in [5.74, 6) is 2.14. The van der Waals surface area contributed by atoms with E-state index in [1.165, 1.54) is 16.7 Å². The molecule has 1 aromatic heterocycles. The van der Waals surface area contributed by atoms with Crippen LogP contribution in [0.5, 0.6) is 0 Å². The van der Waals surface area contributed by atoms with E-state index in [-0.39, 0.29) is 11.8 Å². The van der Waals surface area contributed by atoms with Crippen LogP contribution >= 0.6 is 11.6 Å². The number of benzene rings is 2. The van der Waals surface area contributed by atoms with Crippen LogP contribution in [-0.2, 0) is 12.8 Å². The van der Waals surface area contributed by atoms with Gasteiger partial charge in [-0.2, -0.15) is 0 Å². The number of halogens is 1. The summed E-state index contributed by atoms with van der Waals surface area (Å²) in [5, 5.41) is 0.500. The first-order valence-corrected chi connectivity index (χ1v) is 12.5. The fraction of sp³-hybridized carbons (Fsp3) is 0.393. The maximum atomic E-state index is 13.0. The molecule has 2 aromatic carbocycles. The number of nitrogens with zero attached hydrogens (tertiary/aromatic N) is 4. The number of carbonyl (C=O) groups is 1. The zero-order valence-electron chi connectivity index (χ0n) is 20.5. The Balaban J connectivity index is 1.62. The SMILES string of the molecule is CCc1nc(C(C)C)nc(N2CCN(C(=O)c3ccccc3Cl)CC2)c1Cc1cccc(C)c1. The smallest absolute Gasteiger partial charge is 0.255 e. The van der Waals surface area contributed by atoms with Gasteiger partial charge in [0.1, 0.15) is 11.6 Å². The van der Waals surface area contributed by atoms with Crippen molar-refractivity contribution in [2.45, 2.75) is 46.5 Å². The third-order valence-corrected chi connectivity index (χ3v) is 6.70. The van der Waals surface area contributed by atoms with E-state index in [1.54, 1.807) is 12.1 Å². The summed E-state index contributed by atoms with van der Waals surface area (Å²) >= 11 is 6.28. The molecular weight excluding hydrogens is 444 g/mol. The van der Waals surface area contributed by atoms with Gasteiger partial charge < -0.3 is 9.80 Å². The molecule has 0 atom stereocenters. The fourth-order valence-electron chi connectivity index (χ4n) is 4.48. The predicted octanol–water partition coefficient (Wildman–Crippen LogP) is 5.68. The van der Waals surface area contributed by atoms with Gasteiger partial charge in [0.15, 0.2) is 0 Å². The second-order valence-electron chi connectivity index (χ2n) is 9.26. The number of anilines is 1. The number of hydrogen-bond acceptors (Lipinski definition) is 4. The molecule has 34 heavy (non-hydrogen) atoms. The molecule has 1 amide bonds. The van der Waals surface area contributed by atoms with Gasteiger partial charge in [-0.15, -0.1) is 0 Å². The normalized spacial score (nSPS) is 14.1. The zero-order chi connectivity index (χ0) is 24.2. The van der Waals surface area contributed by atoms with Crippen molar-refractivity contribution in [3.63, 3.8) is 0 Å². The third-order valence-electron chi connectivity index (χ3n) is 6.37. The van der Waals surface area contributed by atoms with E-state index in [2.05, 4.69) is 56.9 Å². The summed E-state index contributed by atoms with van der Waals surface area (Å²) < 4.78 is 0. The van der Waals surface area contributed by atoms with Gasteiger partial charge in [0.05, 0.1) is 10.6 Å². The molecule has 0 N–H and O–H groups in total. The Kier molecular flexibility index (Phi) is 7.52. The first kappa shape index (κ1) is 24.2. The molecule has 1 fully saturated rings. The number of piperazine rings is 1. The quantitative estimate of drug-likeness (QED) is 0.459. The van der Waals surface area contributed by atoms with Crippen LogP contribution in [0.4, 0.5) is 5.82 Å². The highest BCUT2D eigenvalue weighted by molar-refractivity contribution is 6.33. The summed E-state index contributed by atoms with van der Waals surface area (Å²) in [6.07, 6.45) is 1.67. The molecule has 1 aliphatic heterocycles. The topological polar surface area (TPSA) is 49.3 Å². The third kappa shape index (κ3) is 5.25. The van der Waals surface area contributed by atoms with Gasteiger partial charge in [0.25, 0.3) is 5.91 Å². The van der Waals surface area contributed by atoms with E-state index in [0.717, 1.165) is 43.3 Å². The first-order valence-electron chi connectivity index (χ1n) is 12.1. The van der Waals surface area contributed by atoms with Gasteiger partial charge in [-0.3, -0.25) is 4.79 Å². The molecule has 3 aromatic rings. The van der Waals surface area contributed by atoms with Crippen molar-refractivity contribution in [1.29, 1.82) is 0 Å². The summed E-state index contributed by atoms with van der Waals surface area (Å²) in [5.41, 5.74) is 5.40. The minimum absolute atomic E-state index is 0.00922. The van der Waals surface area contributed by atoms with Crippen molar-refractivity contribution in [3.8, 4) is 0 Å². The lowest BCUT2D eigenvalue weighted by Gasteiger charge is -2.37. The average Bonchev–Trinajstić information content (AvgIpc) is 2.84. The minimum atomic E-state index is -0.00922. The van der Waals surface area contributed by atoms with Crippen molar-refractivity contribution in [3.05, 3.63) is 87.3 Å². The number of rotatable bonds is 6. The van der Waals surface area contributed by atoms with Gasteiger partial charge in [0.2, 0.25) is 0 Å². The van der Waals surface area contributed by atoms with Crippen molar-refractivity contribution < 1.29 is 4.79 Å². The van der Waals surface area contributed by atoms with E-state index < -0.39 is 0 Å². The van der Waals surface area contributed by atoms with E-state index >= 15 is 0 Å². The molecule has 0 unspecified atom stereocenters. The Morgan fingerprint density at radius 2 is 1.76 bits per heavy atom. The van der Waals surface area contributed by atoms with Crippen molar-refractivity contribution in [2.75, 3.05) is 31.1 Å². The van der Waals surface area contributed by atoms with Gasteiger partial charge in [-0.05, 0) is 31.0 Å². The molecule has 0 bridgehead atoms. The molecule has 0 spiro atoms. The second-order valence-corrected chi connectivity index (χ2v) is 9.67. The lowest BCUT2D eigenvalue weighted by molar-refractivity contribution is 0.0746. The maximum Gasteiger partial charge on any atom is 0.255 e. The lowest BCUT2D eigenvalue weighted by atomic mass is 10.00. The Bertz CT molecular complexity index is 1170. The van der Waals surface area contributed by atoms with Gasteiger partial charge in [-0.25, -0.2) is 9.97 Å². The molecule has 0 saturated carbocycles. The first-order chi connectivity index (χ1) is 16.4. The summed E-state index contributed by atoms with van der Waals surface area (Å²) in [4.78, 5) is 27.3. The van der Waals surface area contributed by atoms with Crippen LogP contribution < -0.4 is 4.90 Å². The van der Waals surface area contributed by atoms with Gasteiger partial charge >= 0.3 is 0 Å². The maximum absolute atomic E-state index is 13.0. The molecule has 178 valence electrons. The van der Waals surface area contributed by atoms with E-state index in [1.807, 2.05) is 17.0 Å². The standard InChI is InChI=1S/C28H33ClN4O/c1-5-25-23(18-21-10-8-9-20(4)17-21)27(31-26(30-25)19(2)3)32-13-15-33(16-14-32)28(34)22-11-6-7-12-24(22)29/h6-12,17,19H,5,13-16,18H2,1-4H3. The van der Waals surface area contributed by atoms with Crippen LogP contribution in [0.3, 0.4) is 0 Å². The van der Waals surface area contributed by atoms with Crippen molar-refractivity contribution >= 4 is 23.3 Å². The fourth-order valence-corrected chi connectivity index (χ4v) is 4.70. The molecule has 0 radical (unpaired) electrons. The number of aryl methyl sites for hydroxylation is 2. The van der Waals surface area contributed by atoms with Crippen LogP contribution in [0.15, 0.2) is 48.5 Å². The number of amides is 1. The number of carbonyl (C=O) groups excluding carboxylic acids is 1. The van der Waals surface area contributed by atoms with Crippen LogP contribution in [-0.4, -0.2) is 47.0 Å². The summed E-state index contributed by atoms with van der Waals surface area (Å²) in [6.45, 7) is 11.3. The molecule has 0 aliphatic carbocycles. The van der Waals surface area contributed by atoms with Crippen molar-refractivity contribution in [2.24, 2.45) is 0 Å². The highest BCUT2D eigenvalue weighted by Crippen LogP contribution is 2.28. The molecule has 6 heteroatoms. The zero-order valence-corrected chi connectivity index (χ0v) is 21.3. The monoisotopic (exact) mass is 476 g/mol. The highest BCUT2D eigenvalue weighted by atomic mass is 35.5. The van der Waals surface area contributed by atoms with Crippen LogP contribution in [0.1, 0.15) is 65.3 Å². The molecule has 1 saturated heterocycles. The second kappa shape index (κ2) is 10.6. The van der Waals surface area contributed by atoms with Crippen molar-refractivity contribution in [1.82, 2.24) is 14.9 Å². The average molecular weight is 477 g/mol. The molecular formula is C28H33ClN4O. The molecule has 1 aliphatic rings. The molecule has 2 heterocycles. The van der Waals surface area contributed by atoms with Gasteiger partial charge in [-0.1, -0.05) is 74.3 Å². The largest absolute Gasteiger partial charge is 0.353 e. The van der Waals surface area contributed by atoms with Crippen LogP contribution in [0.2, 0.25) is 5.02 Å². The van der Waals surface area contributed by atoms with Crippen LogP contribution in [0.25, 0.3) is 0 Å². The molecule has 4 rings (SSSR count). The molecule has 5 nitrogen and oxygen atoms in total. The predicted molar refractivity (Wildman–Crippen MR) is 139 cm³/mol.